The van der Waals surface area contributed by atoms with Gasteiger partial charge in [-0.2, -0.15) is 5.26 Å². The van der Waals surface area contributed by atoms with Crippen molar-refractivity contribution >= 4 is 23.6 Å². The molecule has 0 bridgehead atoms. The molecule has 2 aromatic carbocycles. The Balaban J connectivity index is 1.89. The van der Waals surface area contributed by atoms with E-state index in [9.17, 15) is 14.9 Å². The molecule has 0 fully saturated rings. The number of ether oxygens (including phenoxy) is 1. The summed E-state index contributed by atoms with van der Waals surface area (Å²) in [5.41, 5.74) is 2.75. The van der Waals surface area contributed by atoms with E-state index in [-0.39, 0.29) is 17.5 Å². The summed E-state index contributed by atoms with van der Waals surface area (Å²) in [4.78, 5) is 26.7. The molecule has 1 amide bonds. The van der Waals surface area contributed by atoms with E-state index >= 15 is 0 Å². The van der Waals surface area contributed by atoms with Gasteiger partial charge in [0.05, 0.1) is 0 Å². The molecule has 0 heterocycles. The fourth-order valence-corrected chi connectivity index (χ4v) is 2.91. The summed E-state index contributed by atoms with van der Waals surface area (Å²) in [6.45, 7) is 3.41. The van der Waals surface area contributed by atoms with Gasteiger partial charge in [-0.1, -0.05) is 42.5 Å². The number of amides is 1. The lowest BCUT2D eigenvalue weighted by Gasteiger charge is -2.18. The Bertz CT molecular complexity index is 944. The van der Waals surface area contributed by atoms with Gasteiger partial charge >= 0.3 is 5.97 Å². The van der Waals surface area contributed by atoms with Crippen LogP contribution in [0.3, 0.4) is 0 Å². The predicted molar refractivity (Wildman–Crippen MR) is 122 cm³/mol. The van der Waals surface area contributed by atoms with E-state index in [4.69, 9.17) is 4.74 Å². The van der Waals surface area contributed by atoms with Crippen LogP contribution in [-0.4, -0.2) is 38.1 Å². The predicted octanol–water partition coefficient (Wildman–Crippen LogP) is 3.73. The molecular formula is C25H29N3O3. The summed E-state index contributed by atoms with van der Waals surface area (Å²) in [5.74, 6) is -1.21. The second-order valence-electron chi connectivity index (χ2n) is 7.64. The Morgan fingerprint density at radius 1 is 1.10 bits per heavy atom. The van der Waals surface area contributed by atoms with Crippen LogP contribution in [0.25, 0.3) is 6.08 Å². The Kier molecular flexibility index (Phi) is 8.83. The molecule has 0 aliphatic heterocycles. The van der Waals surface area contributed by atoms with Crippen molar-refractivity contribution in [2.24, 2.45) is 0 Å². The van der Waals surface area contributed by atoms with Gasteiger partial charge in [0.2, 0.25) is 0 Å². The van der Waals surface area contributed by atoms with E-state index in [1.807, 2.05) is 86.6 Å². The van der Waals surface area contributed by atoms with Crippen molar-refractivity contribution in [1.82, 2.24) is 5.32 Å². The minimum absolute atomic E-state index is 0.0740. The van der Waals surface area contributed by atoms with Crippen LogP contribution < -0.4 is 10.2 Å². The third kappa shape index (κ3) is 7.63. The highest BCUT2D eigenvalue weighted by atomic mass is 16.5. The van der Waals surface area contributed by atoms with Crippen LogP contribution >= 0.6 is 0 Å². The maximum absolute atomic E-state index is 12.4. The number of benzene rings is 2. The Labute approximate surface area is 184 Å². The standard InChI is InChI=1S/C25H29N3O3/c1-18(10-11-20-8-6-5-7-9-20)27-24(29)19(2)31-25(30)22(17-26)16-21-12-14-23(15-13-21)28(3)4/h5-9,12-16,18-19H,10-11H2,1-4H3,(H,27,29)/b22-16+. The van der Waals surface area contributed by atoms with Crippen molar-refractivity contribution in [3.63, 3.8) is 0 Å². The van der Waals surface area contributed by atoms with Crippen LogP contribution in [0.1, 0.15) is 31.4 Å². The zero-order valence-corrected chi connectivity index (χ0v) is 18.5. The number of aryl methyl sites for hydroxylation is 1. The van der Waals surface area contributed by atoms with Crippen molar-refractivity contribution in [3.05, 3.63) is 71.3 Å². The summed E-state index contributed by atoms with van der Waals surface area (Å²) in [5, 5.41) is 12.2. The number of nitriles is 1. The lowest BCUT2D eigenvalue weighted by molar-refractivity contribution is -0.151. The Hall–Kier alpha value is -3.59. The highest BCUT2D eigenvalue weighted by molar-refractivity contribution is 5.99. The maximum atomic E-state index is 12.4. The molecule has 2 aromatic rings. The van der Waals surface area contributed by atoms with Gasteiger partial charge in [-0.3, -0.25) is 4.79 Å². The molecule has 0 saturated carbocycles. The van der Waals surface area contributed by atoms with E-state index in [1.165, 1.54) is 18.6 Å². The summed E-state index contributed by atoms with van der Waals surface area (Å²) < 4.78 is 5.21. The molecule has 31 heavy (non-hydrogen) atoms. The fourth-order valence-electron chi connectivity index (χ4n) is 2.91. The highest BCUT2D eigenvalue weighted by Gasteiger charge is 2.21. The second kappa shape index (κ2) is 11.6. The normalized spacial score (nSPS) is 12.9. The van der Waals surface area contributed by atoms with Crippen LogP contribution in [0.2, 0.25) is 0 Å². The Morgan fingerprint density at radius 2 is 1.74 bits per heavy atom. The van der Waals surface area contributed by atoms with Crippen LogP contribution in [0.15, 0.2) is 60.2 Å². The molecule has 0 spiro atoms. The number of carbonyl (C=O) groups excluding carboxylic acids is 2. The summed E-state index contributed by atoms with van der Waals surface area (Å²) in [6.07, 6.45) is 2.06. The van der Waals surface area contributed by atoms with Gasteiger partial charge < -0.3 is 15.0 Å². The maximum Gasteiger partial charge on any atom is 0.349 e. The van der Waals surface area contributed by atoms with Crippen molar-refractivity contribution in [1.29, 1.82) is 5.26 Å². The van der Waals surface area contributed by atoms with Crippen molar-refractivity contribution < 1.29 is 14.3 Å². The van der Waals surface area contributed by atoms with E-state index in [2.05, 4.69) is 5.32 Å². The number of anilines is 1. The highest BCUT2D eigenvalue weighted by Crippen LogP contribution is 2.15. The second-order valence-corrected chi connectivity index (χ2v) is 7.64. The van der Waals surface area contributed by atoms with E-state index in [1.54, 1.807) is 0 Å². The first kappa shape index (κ1) is 23.7. The summed E-state index contributed by atoms with van der Waals surface area (Å²) in [6, 6.07) is 19.2. The number of nitrogens with one attached hydrogen (secondary N) is 1. The zero-order valence-electron chi connectivity index (χ0n) is 18.5. The molecule has 0 aromatic heterocycles. The number of nitrogens with zero attached hydrogens (tertiary/aromatic N) is 2. The number of esters is 1. The molecule has 6 heteroatoms. The van der Waals surface area contributed by atoms with Crippen molar-refractivity contribution in [3.8, 4) is 6.07 Å². The summed E-state index contributed by atoms with van der Waals surface area (Å²) >= 11 is 0. The number of rotatable bonds is 9. The molecule has 2 atom stereocenters. The van der Waals surface area contributed by atoms with Gasteiger partial charge in [0.15, 0.2) is 6.10 Å². The van der Waals surface area contributed by atoms with Crippen LogP contribution in [0.4, 0.5) is 5.69 Å². The quantitative estimate of drug-likeness (QED) is 0.380. The number of hydrogen-bond acceptors (Lipinski definition) is 5. The topological polar surface area (TPSA) is 82.4 Å². The largest absolute Gasteiger partial charge is 0.448 e. The summed E-state index contributed by atoms with van der Waals surface area (Å²) in [7, 11) is 3.86. The smallest absolute Gasteiger partial charge is 0.349 e. The van der Waals surface area contributed by atoms with Crippen LogP contribution in [0.5, 0.6) is 0 Å². The average molecular weight is 420 g/mol. The molecule has 0 aliphatic rings. The first-order chi connectivity index (χ1) is 14.8. The van der Waals surface area contributed by atoms with Crippen molar-refractivity contribution in [2.75, 3.05) is 19.0 Å². The lowest BCUT2D eigenvalue weighted by Crippen LogP contribution is -2.41. The molecule has 2 rings (SSSR count). The molecule has 1 N–H and O–H groups in total. The van der Waals surface area contributed by atoms with Gasteiger partial charge in [0.25, 0.3) is 5.91 Å². The van der Waals surface area contributed by atoms with Crippen LogP contribution in [-0.2, 0) is 20.7 Å². The van der Waals surface area contributed by atoms with Gasteiger partial charge in [-0.25, -0.2) is 4.79 Å². The minimum Gasteiger partial charge on any atom is -0.448 e. The average Bonchev–Trinajstić information content (AvgIpc) is 2.76. The minimum atomic E-state index is -1.00. The third-order valence-electron chi connectivity index (χ3n) is 4.81. The molecule has 0 radical (unpaired) electrons. The molecule has 6 nitrogen and oxygen atoms in total. The van der Waals surface area contributed by atoms with Crippen molar-refractivity contribution in [2.45, 2.75) is 38.8 Å². The first-order valence-corrected chi connectivity index (χ1v) is 10.2. The van der Waals surface area contributed by atoms with E-state index in [0.29, 0.717) is 5.56 Å². The fraction of sp³-hybridized carbons (Fsp3) is 0.320. The Morgan fingerprint density at radius 3 is 2.32 bits per heavy atom. The van der Waals surface area contributed by atoms with E-state index < -0.39 is 12.1 Å². The number of carbonyl (C=O) groups is 2. The monoisotopic (exact) mass is 419 g/mol. The molecule has 162 valence electrons. The van der Waals surface area contributed by atoms with Gasteiger partial charge in [-0.15, -0.1) is 0 Å². The van der Waals surface area contributed by atoms with Gasteiger partial charge in [-0.05, 0) is 56.0 Å². The van der Waals surface area contributed by atoms with Crippen LogP contribution in [0, 0.1) is 11.3 Å². The van der Waals surface area contributed by atoms with Gasteiger partial charge in [0, 0.05) is 25.8 Å². The first-order valence-electron chi connectivity index (χ1n) is 10.2. The third-order valence-corrected chi connectivity index (χ3v) is 4.81. The molecular weight excluding hydrogens is 390 g/mol. The SMILES string of the molecule is CC(CCc1ccccc1)NC(=O)C(C)OC(=O)/C(C#N)=C/c1ccc(N(C)C)cc1. The molecule has 0 aliphatic carbocycles. The van der Waals surface area contributed by atoms with Gasteiger partial charge in [0.1, 0.15) is 11.6 Å². The van der Waals surface area contributed by atoms with E-state index in [0.717, 1.165) is 18.5 Å². The number of hydrogen-bond donors (Lipinski definition) is 1. The zero-order chi connectivity index (χ0) is 22.8. The molecule has 2 unspecified atom stereocenters. The molecule has 0 saturated heterocycles. The lowest BCUT2D eigenvalue weighted by atomic mass is 10.1.